The number of halogens is 2. The molecule has 1 aromatic rings. The van der Waals surface area contributed by atoms with Crippen LogP contribution in [0.5, 0.6) is 5.75 Å². The Morgan fingerprint density at radius 2 is 2.20 bits per heavy atom. The summed E-state index contributed by atoms with van der Waals surface area (Å²) in [6, 6.07) is 4.30. The predicted molar refractivity (Wildman–Crippen MR) is 57.9 cm³/mol. The highest BCUT2D eigenvalue weighted by Crippen LogP contribution is 2.21. The maximum absolute atomic E-state index is 12.9. The number of rotatable bonds is 5. The Kier molecular flexibility index (Phi) is 4.85. The second-order valence-corrected chi connectivity index (χ2v) is 3.51. The van der Waals surface area contributed by atoms with Gasteiger partial charge in [-0.1, -0.05) is 0 Å². The van der Waals surface area contributed by atoms with Crippen molar-refractivity contribution in [2.45, 2.75) is 18.9 Å². The van der Waals surface area contributed by atoms with Gasteiger partial charge in [0.25, 0.3) is 0 Å². The fourth-order valence-electron chi connectivity index (χ4n) is 1.07. The number of hydrogen-bond acceptors (Lipinski definition) is 2. The number of alkyl halides is 1. The van der Waals surface area contributed by atoms with Gasteiger partial charge in [0, 0.05) is 12.7 Å². The van der Waals surface area contributed by atoms with Crippen molar-refractivity contribution in [3.8, 4) is 5.75 Å². The molecule has 0 aliphatic rings. The molecule has 1 unspecified atom stereocenters. The standard InChI is InChI=1S/C11H14ClFO2/c1-8(14-2)7-15-11-4-3-10(13)5-9(11)6-12/h3-5,8H,6-7H2,1-2H3. The van der Waals surface area contributed by atoms with Crippen molar-refractivity contribution in [3.05, 3.63) is 29.6 Å². The average Bonchev–Trinajstić information content (AvgIpc) is 2.26. The Morgan fingerprint density at radius 1 is 1.47 bits per heavy atom. The molecule has 0 aliphatic heterocycles. The molecular weight excluding hydrogens is 219 g/mol. The molecule has 0 saturated carbocycles. The van der Waals surface area contributed by atoms with Gasteiger partial charge in [-0.05, 0) is 25.1 Å². The largest absolute Gasteiger partial charge is 0.491 e. The van der Waals surface area contributed by atoms with Crippen molar-refractivity contribution in [2.24, 2.45) is 0 Å². The maximum Gasteiger partial charge on any atom is 0.124 e. The molecule has 1 atom stereocenters. The molecule has 4 heteroatoms. The minimum atomic E-state index is -0.308. The van der Waals surface area contributed by atoms with Crippen LogP contribution < -0.4 is 4.74 Å². The number of hydrogen-bond donors (Lipinski definition) is 0. The van der Waals surface area contributed by atoms with Crippen molar-refractivity contribution in [3.63, 3.8) is 0 Å². The van der Waals surface area contributed by atoms with Gasteiger partial charge in [-0.2, -0.15) is 0 Å². The molecule has 0 fully saturated rings. The summed E-state index contributed by atoms with van der Waals surface area (Å²) in [5.74, 6) is 0.530. The molecule has 0 N–H and O–H groups in total. The fourth-order valence-corrected chi connectivity index (χ4v) is 1.28. The lowest BCUT2D eigenvalue weighted by Crippen LogP contribution is -2.16. The Morgan fingerprint density at radius 3 is 2.80 bits per heavy atom. The lowest BCUT2D eigenvalue weighted by molar-refractivity contribution is 0.0713. The first-order valence-corrected chi connectivity index (χ1v) is 5.20. The van der Waals surface area contributed by atoms with Gasteiger partial charge >= 0.3 is 0 Å². The van der Waals surface area contributed by atoms with E-state index in [1.165, 1.54) is 12.1 Å². The monoisotopic (exact) mass is 232 g/mol. The SMILES string of the molecule is COC(C)COc1ccc(F)cc1CCl. The minimum absolute atomic E-state index is 0.00164. The molecule has 0 amide bonds. The molecule has 0 bridgehead atoms. The van der Waals surface area contributed by atoms with E-state index in [1.807, 2.05) is 6.92 Å². The number of benzene rings is 1. The molecule has 0 heterocycles. The van der Waals surface area contributed by atoms with Crippen LogP contribution >= 0.6 is 11.6 Å². The molecule has 2 nitrogen and oxygen atoms in total. The van der Waals surface area contributed by atoms with Gasteiger partial charge in [-0.3, -0.25) is 0 Å². The van der Waals surface area contributed by atoms with Crippen LogP contribution in [0.4, 0.5) is 4.39 Å². The van der Waals surface area contributed by atoms with E-state index < -0.39 is 0 Å². The van der Waals surface area contributed by atoms with Gasteiger partial charge < -0.3 is 9.47 Å². The smallest absolute Gasteiger partial charge is 0.124 e. The minimum Gasteiger partial charge on any atom is -0.491 e. The van der Waals surface area contributed by atoms with E-state index in [-0.39, 0.29) is 17.8 Å². The number of ether oxygens (including phenoxy) is 2. The van der Waals surface area contributed by atoms with Crippen LogP contribution in [0.2, 0.25) is 0 Å². The molecule has 0 spiro atoms. The van der Waals surface area contributed by atoms with Crippen molar-refractivity contribution >= 4 is 11.6 Å². The van der Waals surface area contributed by atoms with Crippen molar-refractivity contribution in [1.82, 2.24) is 0 Å². The van der Waals surface area contributed by atoms with Crippen LogP contribution in [0.25, 0.3) is 0 Å². The highest BCUT2D eigenvalue weighted by Gasteiger charge is 2.06. The van der Waals surface area contributed by atoms with Crippen LogP contribution in [0.1, 0.15) is 12.5 Å². The normalized spacial score (nSPS) is 12.5. The summed E-state index contributed by atoms with van der Waals surface area (Å²) >= 11 is 5.68. The summed E-state index contributed by atoms with van der Waals surface area (Å²) in [5, 5.41) is 0. The summed E-state index contributed by atoms with van der Waals surface area (Å²) < 4.78 is 23.4. The fraction of sp³-hybridized carbons (Fsp3) is 0.455. The first kappa shape index (κ1) is 12.3. The third-order valence-corrected chi connectivity index (χ3v) is 2.33. The van der Waals surface area contributed by atoms with Gasteiger partial charge in [0.05, 0.1) is 12.0 Å². The van der Waals surface area contributed by atoms with Gasteiger partial charge in [-0.15, -0.1) is 11.6 Å². The summed E-state index contributed by atoms with van der Waals surface area (Å²) in [7, 11) is 1.61. The number of methoxy groups -OCH3 is 1. The Hall–Kier alpha value is -0.800. The van der Waals surface area contributed by atoms with Crippen molar-refractivity contribution in [2.75, 3.05) is 13.7 Å². The highest BCUT2D eigenvalue weighted by molar-refractivity contribution is 6.17. The van der Waals surface area contributed by atoms with Crippen LogP contribution in [0.3, 0.4) is 0 Å². The zero-order valence-corrected chi connectivity index (χ0v) is 9.55. The summed E-state index contributed by atoms with van der Waals surface area (Å²) in [6.07, 6.45) is -0.00164. The first-order valence-electron chi connectivity index (χ1n) is 4.67. The highest BCUT2D eigenvalue weighted by atomic mass is 35.5. The Labute approximate surface area is 94.0 Å². The van der Waals surface area contributed by atoms with Gasteiger partial charge in [0.2, 0.25) is 0 Å². The summed E-state index contributed by atoms with van der Waals surface area (Å²) in [5.41, 5.74) is 0.653. The van der Waals surface area contributed by atoms with Crippen molar-refractivity contribution < 1.29 is 13.9 Å². The Balaban J connectivity index is 2.67. The average molecular weight is 233 g/mol. The van der Waals surface area contributed by atoms with Crippen LogP contribution in [-0.2, 0) is 10.6 Å². The predicted octanol–water partition coefficient (Wildman–Crippen LogP) is 2.98. The molecular formula is C11H14ClFO2. The zero-order valence-electron chi connectivity index (χ0n) is 8.80. The van der Waals surface area contributed by atoms with E-state index in [1.54, 1.807) is 13.2 Å². The lowest BCUT2D eigenvalue weighted by atomic mass is 10.2. The van der Waals surface area contributed by atoms with Crippen LogP contribution in [-0.4, -0.2) is 19.8 Å². The zero-order chi connectivity index (χ0) is 11.3. The molecule has 15 heavy (non-hydrogen) atoms. The quantitative estimate of drug-likeness (QED) is 0.727. The topological polar surface area (TPSA) is 18.5 Å². The van der Waals surface area contributed by atoms with Gasteiger partial charge in [0.15, 0.2) is 0 Å². The molecule has 1 aromatic carbocycles. The molecule has 1 rings (SSSR count). The van der Waals surface area contributed by atoms with Crippen molar-refractivity contribution in [1.29, 1.82) is 0 Å². The lowest BCUT2D eigenvalue weighted by Gasteiger charge is -2.13. The molecule has 0 saturated heterocycles. The third kappa shape index (κ3) is 3.68. The van der Waals surface area contributed by atoms with E-state index >= 15 is 0 Å². The van der Waals surface area contributed by atoms with Crippen LogP contribution in [0.15, 0.2) is 18.2 Å². The molecule has 84 valence electrons. The van der Waals surface area contributed by atoms with E-state index in [9.17, 15) is 4.39 Å². The van der Waals surface area contributed by atoms with Gasteiger partial charge in [-0.25, -0.2) is 4.39 Å². The third-order valence-electron chi connectivity index (χ3n) is 2.04. The molecule has 0 radical (unpaired) electrons. The van der Waals surface area contributed by atoms with E-state index in [4.69, 9.17) is 21.1 Å². The molecule has 0 aliphatic carbocycles. The van der Waals surface area contributed by atoms with E-state index in [0.717, 1.165) is 0 Å². The van der Waals surface area contributed by atoms with Gasteiger partial charge in [0.1, 0.15) is 18.2 Å². The Bertz CT molecular complexity index is 317. The summed E-state index contributed by atoms with van der Waals surface area (Å²) in [4.78, 5) is 0. The van der Waals surface area contributed by atoms with E-state index in [2.05, 4.69) is 0 Å². The first-order chi connectivity index (χ1) is 7.17. The second kappa shape index (κ2) is 5.93. The van der Waals surface area contributed by atoms with E-state index in [0.29, 0.717) is 17.9 Å². The van der Waals surface area contributed by atoms with Crippen LogP contribution in [0, 0.1) is 5.82 Å². The molecule has 0 aromatic heterocycles. The summed E-state index contributed by atoms with van der Waals surface area (Å²) in [6.45, 7) is 2.32. The second-order valence-electron chi connectivity index (χ2n) is 3.24. The maximum atomic E-state index is 12.9.